The van der Waals surface area contributed by atoms with Crippen molar-refractivity contribution in [3.05, 3.63) is 72.1 Å². The van der Waals surface area contributed by atoms with Crippen molar-refractivity contribution in [3.63, 3.8) is 0 Å². The number of hydrogen-bond acceptors (Lipinski definition) is 2. The van der Waals surface area contributed by atoms with Crippen LogP contribution in [-0.4, -0.2) is 16.8 Å². The number of fused-ring (bicyclic) bond motifs is 1. The highest BCUT2D eigenvalue weighted by Gasteiger charge is 2.32. The molecular formula is C18H12N2O2. The molecule has 0 spiro atoms. The standard InChI is InChI=1S/C18H12N2O2/c21-17-15(12-8-9-19-10-12)16(18(22)20-17)14-7-3-5-11-4-1-2-6-13(11)14/h1-10,19H,(H,20,21,22). The van der Waals surface area contributed by atoms with E-state index in [1.165, 1.54) is 0 Å². The molecule has 2 aromatic carbocycles. The Hall–Kier alpha value is -3.14. The zero-order valence-electron chi connectivity index (χ0n) is 11.6. The molecule has 106 valence electrons. The first-order chi connectivity index (χ1) is 10.8. The number of benzene rings is 2. The van der Waals surface area contributed by atoms with E-state index in [1.54, 1.807) is 18.5 Å². The first kappa shape index (κ1) is 12.6. The number of aromatic nitrogens is 1. The number of nitrogens with one attached hydrogen (secondary N) is 2. The molecule has 4 nitrogen and oxygen atoms in total. The van der Waals surface area contributed by atoms with E-state index in [2.05, 4.69) is 10.3 Å². The van der Waals surface area contributed by atoms with E-state index in [9.17, 15) is 9.59 Å². The maximum atomic E-state index is 12.3. The zero-order valence-corrected chi connectivity index (χ0v) is 11.6. The van der Waals surface area contributed by atoms with E-state index in [-0.39, 0.29) is 11.8 Å². The van der Waals surface area contributed by atoms with Gasteiger partial charge in [0.2, 0.25) is 0 Å². The van der Waals surface area contributed by atoms with Crippen LogP contribution in [0.25, 0.3) is 21.9 Å². The highest BCUT2D eigenvalue weighted by Crippen LogP contribution is 2.34. The first-order valence-corrected chi connectivity index (χ1v) is 6.97. The number of carbonyl (C=O) groups is 2. The summed E-state index contributed by atoms with van der Waals surface area (Å²) in [5.41, 5.74) is 2.34. The largest absolute Gasteiger partial charge is 0.367 e. The van der Waals surface area contributed by atoms with Crippen LogP contribution >= 0.6 is 0 Å². The number of imide groups is 1. The normalized spacial score (nSPS) is 14.7. The van der Waals surface area contributed by atoms with Gasteiger partial charge in [0.1, 0.15) is 0 Å². The van der Waals surface area contributed by atoms with Gasteiger partial charge in [-0.05, 0) is 22.4 Å². The summed E-state index contributed by atoms with van der Waals surface area (Å²) in [6.45, 7) is 0. The van der Waals surface area contributed by atoms with Gasteiger partial charge >= 0.3 is 0 Å². The summed E-state index contributed by atoms with van der Waals surface area (Å²) in [7, 11) is 0. The summed E-state index contributed by atoms with van der Waals surface area (Å²) in [6, 6.07) is 15.4. The average Bonchev–Trinajstić information content (AvgIpc) is 3.14. The molecule has 1 aromatic heterocycles. The Morgan fingerprint density at radius 3 is 2.36 bits per heavy atom. The third kappa shape index (κ3) is 1.78. The van der Waals surface area contributed by atoms with Crippen LogP contribution in [0.1, 0.15) is 11.1 Å². The smallest absolute Gasteiger partial charge is 0.259 e. The van der Waals surface area contributed by atoms with Gasteiger partial charge in [-0.25, -0.2) is 0 Å². The molecule has 0 saturated heterocycles. The molecule has 0 unspecified atom stereocenters. The van der Waals surface area contributed by atoms with E-state index >= 15 is 0 Å². The minimum Gasteiger partial charge on any atom is -0.367 e. The van der Waals surface area contributed by atoms with E-state index in [0.29, 0.717) is 16.7 Å². The molecular weight excluding hydrogens is 276 g/mol. The minimum atomic E-state index is -0.354. The number of carbonyl (C=O) groups excluding carboxylic acids is 2. The van der Waals surface area contributed by atoms with E-state index < -0.39 is 0 Å². The predicted molar refractivity (Wildman–Crippen MR) is 84.7 cm³/mol. The SMILES string of the molecule is O=C1NC(=O)C(c2cccc3ccccc23)=C1c1cc[nH]c1. The van der Waals surface area contributed by atoms with Crippen LogP contribution < -0.4 is 5.32 Å². The van der Waals surface area contributed by atoms with Gasteiger partial charge in [0, 0.05) is 18.0 Å². The molecule has 2 amide bonds. The number of rotatable bonds is 2. The monoisotopic (exact) mass is 288 g/mol. The highest BCUT2D eigenvalue weighted by molar-refractivity contribution is 6.50. The lowest BCUT2D eigenvalue weighted by Crippen LogP contribution is -2.22. The second-order valence-corrected chi connectivity index (χ2v) is 5.16. The van der Waals surface area contributed by atoms with Crippen LogP contribution in [-0.2, 0) is 9.59 Å². The van der Waals surface area contributed by atoms with Crippen LogP contribution in [0.2, 0.25) is 0 Å². The van der Waals surface area contributed by atoms with Gasteiger partial charge in [-0.2, -0.15) is 0 Å². The van der Waals surface area contributed by atoms with Crippen LogP contribution in [0, 0.1) is 0 Å². The maximum Gasteiger partial charge on any atom is 0.259 e. The summed E-state index contributed by atoms with van der Waals surface area (Å²) in [6.07, 6.45) is 3.46. The average molecular weight is 288 g/mol. The van der Waals surface area contributed by atoms with Gasteiger partial charge in [-0.15, -0.1) is 0 Å². The van der Waals surface area contributed by atoms with Crippen LogP contribution in [0.5, 0.6) is 0 Å². The van der Waals surface area contributed by atoms with E-state index in [0.717, 1.165) is 16.3 Å². The molecule has 0 aliphatic carbocycles. The number of H-pyrrole nitrogens is 1. The van der Waals surface area contributed by atoms with Crippen LogP contribution in [0.15, 0.2) is 60.9 Å². The lowest BCUT2D eigenvalue weighted by atomic mass is 9.93. The minimum absolute atomic E-state index is 0.349. The Kier molecular flexibility index (Phi) is 2.69. The fourth-order valence-electron chi connectivity index (χ4n) is 2.91. The molecule has 1 aliphatic rings. The molecule has 22 heavy (non-hydrogen) atoms. The maximum absolute atomic E-state index is 12.3. The van der Waals surface area contributed by atoms with Crippen molar-refractivity contribution in [3.8, 4) is 0 Å². The Bertz CT molecular complexity index is 931. The second kappa shape index (κ2) is 4.70. The van der Waals surface area contributed by atoms with Crippen LogP contribution in [0.3, 0.4) is 0 Å². The highest BCUT2D eigenvalue weighted by atomic mass is 16.2. The third-order valence-electron chi connectivity index (χ3n) is 3.88. The summed E-state index contributed by atoms with van der Waals surface area (Å²) < 4.78 is 0. The summed E-state index contributed by atoms with van der Waals surface area (Å²) in [4.78, 5) is 27.5. The van der Waals surface area contributed by atoms with Gasteiger partial charge in [0.25, 0.3) is 11.8 Å². The van der Waals surface area contributed by atoms with E-state index in [4.69, 9.17) is 0 Å². The molecule has 4 rings (SSSR count). The van der Waals surface area contributed by atoms with Crippen molar-refractivity contribution in [2.75, 3.05) is 0 Å². The summed E-state index contributed by atoms with van der Waals surface area (Å²) in [5, 5.41) is 4.39. The molecule has 4 heteroatoms. The lowest BCUT2D eigenvalue weighted by Gasteiger charge is -2.07. The molecule has 1 aliphatic heterocycles. The molecule has 0 bridgehead atoms. The Morgan fingerprint density at radius 1 is 0.773 bits per heavy atom. The molecule has 0 fully saturated rings. The van der Waals surface area contributed by atoms with Gasteiger partial charge < -0.3 is 4.98 Å². The summed E-state index contributed by atoms with van der Waals surface area (Å²) in [5.74, 6) is -0.704. The van der Waals surface area contributed by atoms with Gasteiger partial charge in [-0.1, -0.05) is 42.5 Å². The van der Waals surface area contributed by atoms with Crippen molar-refractivity contribution in [2.24, 2.45) is 0 Å². The van der Waals surface area contributed by atoms with Gasteiger partial charge in [-0.3, -0.25) is 14.9 Å². The van der Waals surface area contributed by atoms with Crippen molar-refractivity contribution in [2.45, 2.75) is 0 Å². The summed E-state index contributed by atoms with van der Waals surface area (Å²) >= 11 is 0. The number of aromatic amines is 1. The van der Waals surface area contributed by atoms with Crippen molar-refractivity contribution >= 4 is 33.7 Å². The van der Waals surface area contributed by atoms with Gasteiger partial charge in [0.05, 0.1) is 11.1 Å². The van der Waals surface area contributed by atoms with Crippen molar-refractivity contribution < 1.29 is 9.59 Å². The molecule has 3 aromatic rings. The number of amides is 2. The first-order valence-electron chi connectivity index (χ1n) is 6.97. The van der Waals surface area contributed by atoms with Gasteiger partial charge in [0.15, 0.2) is 0 Å². The quantitative estimate of drug-likeness (QED) is 0.712. The zero-order chi connectivity index (χ0) is 15.1. The number of hydrogen-bond donors (Lipinski definition) is 2. The fraction of sp³-hybridized carbons (Fsp3) is 0. The Balaban J connectivity index is 2.06. The van der Waals surface area contributed by atoms with E-state index in [1.807, 2.05) is 42.5 Å². The van der Waals surface area contributed by atoms with Crippen LogP contribution in [0.4, 0.5) is 0 Å². The molecule has 0 saturated carbocycles. The molecule has 0 radical (unpaired) electrons. The topological polar surface area (TPSA) is 62.0 Å². The second-order valence-electron chi connectivity index (χ2n) is 5.16. The molecule has 2 N–H and O–H groups in total. The van der Waals surface area contributed by atoms with Crippen molar-refractivity contribution in [1.82, 2.24) is 10.3 Å². The Morgan fingerprint density at radius 2 is 1.55 bits per heavy atom. The third-order valence-corrected chi connectivity index (χ3v) is 3.88. The lowest BCUT2D eigenvalue weighted by molar-refractivity contribution is -0.122. The fourth-order valence-corrected chi connectivity index (χ4v) is 2.91. The molecule has 0 atom stereocenters. The molecule has 2 heterocycles. The Labute approximate surface area is 126 Å². The van der Waals surface area contributed by atoms with Crippen molar-refractivity contribution in [1.29, 1.82) is 0 Å². The predicted octanol–water partition coefficient (Wildman–Crippen LogP) is 2.74.